The first-order chi connectivity index (χ1) is 11.6. The van der Waals surface area contributed by atoms with Gasteiger partial charge in [-0.05, 0) is 50.6 Å². The van der Waals surface area contributed by atoms with Crippen LogP contribution in [0.5, 0.6) is 0 Å². The highest BCUT2D eigenvalue weighted by Crippen LogP contribution is 2.05. The number of nitrogens with zero attached hydrogens (tertiary/aromatic N) is 1. The van der Waals surface area contributed by atoms with Gasteiger partial charge in [0.2, 0.25) is 0 Å². The van der Waals surface area contributed by atoms with Crippen LogP contribution in [-0.2, 0) is 6.42 Å². The van der Waals surface area contributed by atoms with Crippen LogP contribution in [0.3, 0.4) is 0 Å². The molecule has 2 aromatic rings. The first kappa shape index (κ1) is 19.1. The Bertz CT molecular complexity index is 657. The number of amides is 2. The number of benzene rings is 2. The molecular formula is C19H23ClIN2O+. The third kappa shape index (κ3) is 5.67. The van der Waals surface area contributed by atoms with Crippen LogP contribution in [0, 0.1) is 7.14 Å². The summed E-state index contributed by atoms with van der Waals surface area (Å²) >= 11 is 5.72. The summed E-state index contributed by atoms with van der Waals surface area (Å²) in [6.07, 6.45) is 0.858. The monoisotopic (exact) mass is 457 g/mol. The Hall–Kier alpha value is -1.27. The lowest BCUT2D eigenvalue weighted by Crippen LogP contribution is -3.61. The zero-order valence-corrected chi connectivity index (χ0v) is 17.0. The first-order valence-corrected chi connectivity index (χ1v) is 10.7. The van der Waals surface area contributed by atoms with Crippen molar-refractivity contribution >= 4 is 17.6 Å². The van der Waals surface area contributed by atoms with E-state index in [1.807, 2.05) is 26.0 Å². The summed E-state index contributed by atoms with van der Waals surface area (Å²) in [5.41, 5.74) is 1.32. The Morgan fingerprint density at radius 2 is 1.75 bits per heavy atom. The SMILES string of the molecule is CCN(CC)C(=O)NCCc1ccccc1[I+]c1ccc(Cl)cc1. The van der Waals surface area contributed by atoms with E-state index in [0.717, 1.165) is 24.5 Å². The molecule has 0 bridgehead atoms. The number of nitrogens with one attached hydrogen (secondary N) is 1. The van der Waals surface area contributed by atoms with Crippen LogP contribution in [0.2, 0.25) is 5.02 Å². The van der Waals surface area contributed by atoms with Crippen molar-refractivity contribution in [3.63, 3.8) is 0 Å². The molecule has 0 heterocycles. The topological polar surface area (TPSA) is 32.3 Å². The van der Waals surface area contributed by atoms with Crippen LogP contribution < -0.4 is 26.5 Å². The summed E-state index contributed by atoms with van der Waals surface area (Å²) in [4.78, 5) is 13.8. The average Bonchev–Trinajstić information content (AvgIpc) is 2.59. The molecule has 24 heavy (non-hydrogen) atoms. The van der Waals surface area contributed by atoms with Gasteiger partial charge in [-0.1, -0.05) is 29.8 Å². The van der Waals surface area contributed by atoms with Crippen LogP contribution in [0.25, 0.3) is 0 Å². The van der Waals surface area contributed by atoms with Gasteiger partial charge in [0.05, 0.1) is 0 Å². The summed E-state index contributed by atoms with van der Waals surface area (Å²) < 4.78 is 2.74. The Balaban J connectivity index is 1.96. The molecule has 0 fully saturated rings. The smallest absolute Gasteiger partial charge is 0.338 e. The fourth-order valence-corrected chi connectivity index (χ4v) is 5.03. The Labute approximate surface area is 159 Å². The second kappa shape index (κ2) is 9.89. The minimum Gasteiger partial charge on any atom is -0.338 e. The molecule has 2 rings (SSSR count). The molecule has 5 heteroatoms. The highest BCUT2D eigenvalue weighted by Gasteiger charge is 2.19. The number of urea groups is 1. The molecule has 1 N–H and O–H groups in total. The van der Waals surface area contributed by atoms with Crippen LogP contribution >= 0.6 is 11.6 Å². The number of rotatable bonds is 7. The van der Waals surface area contributed by atoms with E-state index in [4.69, 9.17) is 11.6 Å². The molecule has 2 amide bonds. The summed E-state index contributed by atoms with van der Waals surface area (Å²) in [6.45, 7) is 6.13. The second-order valence-electron chi connectivity index (χ2n) is 5.28. The van der Waals surface area contributed by atoms with Crippen LogP contribution in [0.15, 0.2) is 48.5 Å². The standard InChI is InChI=1S/C19H22ClIN2O/c1-3-23(4-2)19(24)22-14-13-15-7-5-6-8-18(15)21-17-11-9-16(20)10-12-17/h5-12H,3-4,13-14H2,1-2H3/p+1. The fraction of sp³-hybridized carbons (Fsp3) is 0.316. The van der Waals surface area contributed by atoms with Crippen LogP contribution in [0.1, 0.15) is 19.4 Å². The van der Waals surface area contributed by atoms with Crippen LogP contribution in [-0.4, -0.2) is 30.6 Å². The Kier molecular flexibility index (Phi) is 7.85. The molecule has 0 aliphatic rings. The van der Waals surface area contributed by atoms with Crippen molar-refractivity contribution in [2.75, 3.05) is 19.6 Å². The van der Waals surface area contributed by atoms with Crippen molar-refractivity contribution < 1.29 is 26.0 Å². The van der Waals surface area contributed by atoms with Crippen molar-refractivity contribution in [3.8, 4) is 0 Å². The van der Waals surface area contributed by atoms with Crippen molar-refractivity contribution in [2.45, 2.75) is 20.3 Å². The molecule has 3 nitrogen and oxygen atoms in total. The minimum atomic E-state index is -0.240. The molecule has 2 aromatic carbocycles. The quantitative estimate of drug-likeness (QED) is 0.620. The Morgan fingerprint density at radius 1 is 1.08 bits per heavy atom. The van der Waals surface area contributed by atoms with Gasteiger partial charge in [0.1, 0.15) is 0 Å². The second-order valence-corrected chi connectivity index (χ2v) is 8.66. The molecule has 0 aliphatic heterocycles. The van der Waals surface area contributed by atoms with Gasteiger partial charge in [0.25, 0.3) is 0 Å². The molecule has 128 valence electrons. The van der Waals surface area contributed by atoms with E-state index in [2.05, 4.69) is 41.7 Å². The third-order valence-corrected chi connectivity index (χ3v) is 6.92. The number of carbonyl (C=O) groups is 1. The minimum absolute atomic E-state index is 0.0184. The maximum absolute atomic E-state index is 12.0. The predicted molar refractivity (Wildman–Crippen MR) is 95.3 cm³/mol. The number of hydrogen-bond donors (Lipinski definition) is 1. The predicted octanol–water partition coefficient (Wildman–Crippen LogP) is 1.06. The Morgan fingerprint density at radius 3 is 2.42 bits per heavy atom. The van der Waals surface area contributed by atoms with E-state index in [1.54, 1.807) is 4.90 Å². The first-order valence-electron chi connectivity index (χ1n) is 8.15. The van der Waals surface area contributed by atoms with Gasteiger partial charge < -0.3 is 10.2 Å². The number of carbonyl (C=O) groups excluding carboxylic acids is 1. The van der Waals surface area contributed by atoms with Gasteiger partial charge in [-0.3, -0.25) is 0 Å². The summed E-state index contributed by atoms with van der Waals surface area (Å²) in [5.74, 6) is 0. The lowest BCUT2D eigenvalue weighted by atomic mass is 10.1. The van der Waals surface area contributed by atoms with E-state index in [1.165, 1.54) is 12.7 Å². The van der Waals surface area contributed by atoms with Gasteiger partial charge in [0.15, 0.2) is 7.14 Å². The summed E-state index contributed by atoms with van der Waals surface area (Å²) in [6, 6.07) is 16.6. The van der Waals surface area contributed by atoms with Gasteiger partial charge in [-0.25, -0.2) is 4.79 Å². The molecule has 0 saturated heterocycles. The van der Waals surface area contributed by atoms with Gasteiger partial charge in [0, 0.05) is 30.2 Å². The van der Waals surface area contributed by atoms with Crippen molar-refractivity contribution in [3.05, 3.63) is 66.3 Å². The van der Waals surface area contributed by atoms with Crippen LogP contribution in [0.4, 0.5) is 4.79 Å². The highest BCUT2D eigenvalue weighted by atomic mass is 127. The molecule has 0 aliphatic carbocycles. The molecule has 0 saturated carbocycles. The zero-order valence-electron chi connectivity index (χ0n) is 14.1. The lowest BCUT2D eigenvalue weighted by Gasteiger charge is -2.19. The summed E-state index contributed by atoms with van der Waals surface area (Å²) in [7, 11) is 0. The van der Waals surface area contributed by atoms with E-state index in [0.29, 0.717) is 6.54 Å². The number of hydrogen-bond acceptors (Lipinski definition) is 1. The lowest BCUT2D eigenvalue weighted by molar-refractivity contribution is -0.598. The molecule has 0 radical (unpaired) electrons. The largest absolute Gasteiger partial charge is 0.358 e. The molecule has 0 unspecified atom stereocenters. The van der Waals surface area contributed by atoms with Crippen molar-refractivity contribution in [1.29, 1.82) is 0 Å². The van der Waals surface area contributed by atoms with E-state index in [9.17, 15) is 4.79 Å². The maximum Gasteiger partial charge on any atom is 0.358 e. The molecule has 0 aromatic heterocycles. The van der Waals surface area contributed by atoms with Crippen molar-refractivity contribution in [1.82, 2.24) is 10.2 Å². The number of halogens is 2. The van der Waals surface area contributed by atoms with Crippen molar-refractivity contribution in [2.24, 2.45) is 0 Å². The molecule has 0 spiro atoms. The third-order valence-electron chi connectivity index (χ3n) is 3.69. The fourth-order valence-electron chi connectivity index (χ4n) is 2.33. The molecular weight excluding hydrogens is 435 g/mol. The van der Waals surface area contributed by atoms with Gasteiger partial charge >= 0.3 is 27.2 Å². The van der Waals surface area contributed by atoms with E-state index >= 15 is 0 Å². The van der Waals surface area contributed by atoms with E-state index in [-0.39, 0.29) is 27.2 Å². The zero-order chi connectivity index (χ0) is 17.4. The molecule has 0 atom stereocenters. The van der Waals surface area contributed by atoms with E-state index < -0.39 is 0 Å². The van der Waals surface area contributed by atoms with Gasteiger partial charge in [-0.15, -0.1) is 0 Å². The normalized spacial score (nSPS) is 10.5. The van der Waals surface area contributed by atoms with Gasteiger partial charge in [-0.2, -0.15) is 0 Å². The summed E-state index contributed by atoms with van der Waals surface area (Å²) in [5, 5.41) is 3.79. The maximum atomic E-state index is 12.0. The average molecular weight is 458 g/mol. The highest BCUT2D eigenvalue weighted by molar-refractivity contribution is 6.30.